The van der Waals surface area contributed by atoms with Gasteiger partial charge in [0.25, 0.3) is 10.2 Å². The van der Waals surface area contributed by atoms with Crippen LogP contribution in [0.4, 0.5) is 4.39 Å². The van der Waals surface area contributed by atoms with Gasteiger partial charge in [-0.3, -0.25) is 9.59 Å². The molecule has 10 heteroatoms. The summed E-state index contributed by atoms with van der Waals surface area (Å²) in [6.45, 7) is 1.94. The van der Waals surface area contributed by atoms with E-state index in [1.54, 1.807) is 0 Å². The van der Waals surface area contributed by atoms with Crippen molar-refractivity contribution in [3.63, 3.8) is 0 Å². The maximum absolute atomic E-state index is 13.7. The molecule has 3 atom stereocenters. The van der Waals surface area contributed by atoms with Crippen molar-refractivity contribution < 1.29 is 22.4 Å². The van der Waals surface area contributed by atoms with Gasteiger partial charge in [0.1, 0.15) is 6.17 Å². The number of Topliss-reactive ketones (excluding diaryl/α,β-unsaturated/α-hetero) is 1. The number of piperidine rings is 1. The quantitative estimate of drug-likeness (QED) is 0.673. The zero-order valence-corrected chi connectivity index (χ0v) is 15.5. The van der Waals surface area contributed by atoms with Gasteiger partial charge in [0, 0.05) is 32.6 Å². The number of alkyl halides is 1. The van der Waals surface area contributed by atoms with Crippen molar-refractivity contribution in [2.24, 2.45) is 11.8 Å². The Morgan fingerprint density at radius 2 is 1.85 bits per heavy atom. The Morgan fingerprint density at radius 3 is 2.46 bits per heavy atom. The first-order valence-electron chi connectivity index (χ1n) is 8.84. The molecule has 0 radical (unpaired) electrons. The third-order valence-electron chi connectivity index (χ3n) is 5.42. The standard InChI is InChI=1S/C16H23FN4O4S/c1-11(22)15-5-14(17)10-21(15)16(23)13-3-2-4-19(9-13)26(24,25)20-7-12(6-18)8-20/h12-15H,2-5,7-10H2,1H3/t13-,14+,15+/m0/s1. The lowest BCUT2D eigenvalue weighted by molar-refractivity contribution is -0.141. The highest BCUT2D eigenvalue weighted by Gasteiger charge is 2.45. The second-order valence-electron chi connectivity index (χ2n) is 7.30. The number of ketones is 1. The molecular formula is C16H23FN4O4S. The van der Waals surface area contributed by atoms with Crippen molar-refractivity contribution >= 4 is 21.9 Å². The smallest absolute Gasteiger partial charge is 0.282 e. The first kappa shape index (κ1) is 19.2. The number of carbonyl (C=O) groups is 2. The predicted octanol–water partition coefficient (Wildman–Crippen LogP) is -0.0734. The molecule has 0 bridgehead atoms. The lowest BCUT2D eigenvalue weighted by Crippen LogP contribution is -2.57. The van der Waals surface area contributed by atoms with E-state index in [-0.39, 0.29) is 50.2 Å². The van der Waals surface area contributed by atoms with Crippen LogP contribution in [0.1, 0.15) is 26.2 Å². The Kier molecular flexibility index (Phi) is 5.33. The van der Waals surface area contributed by atoms with Crippen LogP contribution in [0.3, 0.4) is 0 Å². The van der Waals surface area contributed by atoms with Crippen molar-refractivity contribution in [3.05, 3.63) is 0 Å². The van der Waals surface area contributed by atoms with Gasteiger partial charge < -0.3 is 4.90 Å². The molecule has 3 rings (SSSR count). The topological polar surface area (TPSA) is 102 Å². The average molecular weight is 386 g/mol. The maximum atomic E-state index is 13.7. The van der Waals surface area contributed by atoms with Gasteiger partial charge in [-0.2, -0.15) is 22.3 Å². The van der Waals surface area contributed by atoms with Gasteiger partial charge >= 0.3 is 0 Å². The van der Waals surface area contributed by atoms with Gasteiger partial charge in [0.15, 0.2) is 5.78 Å². The van der Waals surface area contributed by atoms with Crippen LogP contribution in [-0.4, -0.2) is 78.6 Å². The average Bonchev–Trinajstić information content (AvgIpc) is 2.95. The first-order chi connectivity index (χ1) is 12.2. The predicted molar refractivity (Wildman–Crippen MR) is 89.6 cm³/mol. The van der Waals surface area contributed by atoms with Crippen LogP contribution < -0.4 is 0 Å². The van der Waals surface area contributed by atoms with E-state index < -0.39 is 28.3 Å². The molecule has 3 aliphatic heterocycles. The number of nitrogens with zero attached hydrogens (tertiary/aromatic N) is 4. The molecule has 3 fully saturated rings. The van der Waals surface area contributed by atoms with E-state index in [9.17, 15) is 22.4 Å². The molecule has 8 nitrogen and oxygen atoms in total. The number of likely N-dealkylation sites (tertiary alicyclic amines) is 1. The van der Waals surface area contributed by atoms with Crippen molar-refractivity contribution in [1.82, 2.24) is 13.5 Å². The summed E-state index contributed by atoms with van der Waals surface area (Å²) in [6.07, 6.45) is -0.161. The largest absolute Gasteiger partial charge is 0.329 e. The van der Waals surface area contributed by atoms with E-state index in [1.165, 1.54) is 20.4 Å². The summed E-state index contributed by atoms with van der Waals surface area (Å²) in [5.74, 6) is -1.45. The molecule has 0 aliphatic carbocycles. The fourth-order valence-electron chi connectivity index (χ4n) is 3.87. The molecule has 144 valence electrons. The molecule has 26 heavy (non-hydrogen) atoms. The fourth-order valence-corrected chi connectivity index (χ4v) is 5.66. The molecule has 3 saturated heterocycles. The van der Waals surface area contributed by atoms with Gasteiger partial charge in [-0.05, 0) is 19.8 Å². The minimum Gasteiger partial charge on any atom is -0.329 e. The minimum absolute atomic E-state index is 0.0130. The highest BCUT2D eigenvalue weighted by molar-refractivity contribution is 7.86. The summed E-state index contributed by atoms with van der Waals surface area (Å²) in [5.41, 5.74) is 0. The van der Waals surface area contributed by atoms with Crippen LogP contribution >= 0.6 is 0 Å². The SMILES string of the molecule is CC(=O)[C@H]1C[C@@H](F)CN1C(=O)[C@H]1CCCN(S(=O)(=O)N2CC(C#N)C2)C1. The molecule has 0 unspecified atom stereocenters. The summed E-state index contributed by atoms with van der Waals surface area (Å²) in [7, 11) is -3.70. The Labute approximate surface area is 152 Å². The molecule has 3 aliphatic rings. The van der Waals surface area contributed by atoms with E-state index in [0.717, 1.165) is 0 Å². The zero-order chi connectivity index (χ0) is 19.1. The van der Waals surface area contributed by atoms with Crippen molar-refractivity contribution in [2.75, 3.05) is 32.7 Å². The van der Waals surface area contributed by atoms with Crippen LogP contribution in [0.5, 0.6) is 0 Å². The van der Waals surface area contributed by atoms with E-state index in [0.29, 0.717) is 19.4 Å². The molecule has 3 heterocycles. The van der Waals surface area contributed by atoms with Crippen LogP contribution in [0.2, 0.25) is 0 Å². The van der Waals surface area contributed by atoms with Crippen LogP contribution in [-0.2, 0) is 19.8 Å². The lowest BCUT2D eigenvalue weighted by atomic mass is 9.97. The Morgan fingerprint density at radius 1 is 1.15 bits per heavy atom. The third-order valence-corrected chi connectivity index (χ3v) is 7.35. The van der Waals surface area contributed by atoms with E-state index in [4.69, 9.17) is 5.26 Å². The van der Waals surface area contributed by atoms with Gasteiger partial charge in [0.2, 0.25) is 5.91 Å². The van der Waals surface area contributed by atoms with Crippen LogP contribution in [0.15, 0.2) is 0 Å². The van der Waals surface area contributed by atoms with E-state index >= 15 is 0 Å². The number of nitriles is 1. The third kappa shape index (κ3) is 3.48. The molecule has 0 aromatic carbocycles. The van der Waals surface area contributed by atoms with E-state index in [2.05, 4.69) is 0 Å². The molecule has 0 aromatic heterocycles. The molecule has 1 amide bonds. The van der Waals surface area contributed by atoms with Gasteiger partial charge in [-0.25, -0.2) is 4.39 Å². The Balaban J connectivity index is 1.68. The molecule has 0 aromatic rings. The van der Waals surface area contributed by atoms with E-state index in [1.807, 2.05) is 6.07 Å². The lowest BCUT2D eigenvalue weighted by Gasteiger charge is -2.41. The number of halogens is 1. The molecule has 0 N–H and O–H groups in total. The van der Waals surface area contributed by atoms with Gasteiger partial charge in [-0.1, -0.05) is 0 Å². The molecule has 0 spiro atoms. The normalized spacial score (nSPS) is 31.4. The highest BCUT2D eigenvalue weighted by atomic mass is 32.2. The van der Waals surface area contributed by atoms with Crippen LogP contribution in [0.25, 0.3) is 0 Å². The minimum atomic E-state index is -3.70. The number of carbonyl (C=O) groups excluding carboxylic acids is 2. The van der Waals surface area contributed by atoms with Gasteiger partial charge in [-0.15, -0.1) is 0 Å². The Hall–Kier alpha value is -1.57. The zero-order valence-electron chi connectivity index (χ0n) is 14.7. The summed E-state index contributed by atoms with van der Waals surface area (Å²) in [6, 6.07) is 1.28. The summed E-state index contributed by atoms with van der Waals surface area (Å²) >= 11 is 0. The summed E-state index contributed by atoms with van der Waals surface area (Å²) in [5, 5.41) is 8.81. The number of amides is 1. The number of hydrogen-bond acceptors (Lipinski definition) is 5. The summed E-state index contributed by atoms with van der Waals surface area (Å²) in [4.78, 5) is 25.8. The Bertz CT molecular complexity index is 731. The van der Waals surface area contributed by atoms with Crippen molar-refractivity contribution in [2.45, 2.75) is 38.4 Å². The number of rotatable bonds is 4. The summed E-state index contributed by atoms with van der Waals surface area (Å²) < 4.78 is 41.5. The monoisotopic (exact) mass is 386 g/mol. The first-order valence-corrected chi connectivity index (χ1v) is 10.2. The van der Waals surface area contributed by atoms with Crippen LogP contribution in [0, 0.1) is 23.2 Å². The van der Waals surface area contributed by atoms with Gasteiger partial charge in [0.05, 0.1) is 30.5 Å². The molecule has 0 saturated carbocycles. The number of hydrogen-bond donors (Lipinski definition) is 0. The maximum Gasteiger partial charge on any atom is 0.282 e. The second-order valence-corrected chi connectivity index (χ2v) is 9.23. The van der Waals surface area contributed by atoms with Crippen molar-refractivity contribution in [3.8, 4) is 6.07 Å². The highest BCUT2D eigenvalue weighted by Crippen LogP contribution is 2.29. The fraction of sp³-hybridized carbons (Fsp3) is 0.812. The van der Waals surface area contributed by atoms with Crippen molar-refractivity contribution in [1.29, 1.82) is 5.26 Å². The second kappa shape index (κ2) is 7.21. The molecular weight excluding hydrogens is 363 g/mol.